The van der Waals surface area contributed by atoms with Crippen molar-refractivity contribution in [3.05, 3.63) is 0 Å². The molecule has 0 heterocycles. The number of quaternary nitrogens is 1. The van der Waals surface area contributed by atoms with Gasteiger partial charge in [-0.3, -0.25) is 9.11 Å². The Labute approximate surface area is 84.7 Å². The van der Waals surface area contributed by atoms with Crippen molar-refractivity contribution in [2.24, 2.45) is 0 Å². The first-order valence-electron chi connectivity index (χ1n) is 3.11. The van der Waals surface area contributed by atoms with E-state index in [0.29, 0.717) is 4.48 Å². The van der Waals surface area contributed by atoms with Gasteiger partial charge in [-0.2, -0.15) is 4.21 Å². The highest BCUT2D eigenvalue weighted by atomic mass is 32.2. The smallest absolute Gasteiger partial charge is 0.373 e. The Kier molecular flexibility index (Phi) is 7.46. The van der Waals surface area contributed by atoms with Crippen LogP contribution in [0.1, 0.15) is 0 Å². The second-order valence-corrected chi connectivity index (χ2v) is 4.01. The van der Waals surface area contributed by atoms with Crippen LogP contribution in [0.3, 0.4) is 0 Å². The first kappa shape index (κ1) is 15.3. The minimum absolute atomic E-state index is 0.332. The molecular formula is C5H14NO5S2+. The van der Waals surface area contributed by atoms with Crippen LogP contribution in [0.15, 0.2) is 0 Å². The Bertz CT molecular complexity index is 186. The van der Waals surface area contributed by atoms with E-state index in [9.17, 15) is 4.79 Å². The van der Waals surface area contributed by atoms with E-state index in [-0.39, 0.29) is 0 Å². The van der Waals surface area contributed by atoms with Crippen LogP contribution >= 0.6 is 12.6 Å². The third-order valence-corrected chi connectivity index (χ3v) is 1.87. The van der Waals surface area contributed by atoms with Crippen LogP contribution in [0.5, 0.6) is 0 Å². The normalized spacial score (nSPS) is 13.2. The molecule has 1 atom stereocenters. The molecule has 80 valence electrons. The number of likely N-dealkylation sites (N-methyl/N-ethyl adjacent to an activating group) is 1. The van der Waals surface area contributed by atoms with Crippen molar-refractivity contribution in [3.63, 3.8) is 0 Å². The first-order valence-corrected chi connectivity index (χ1v) is 4.69. The van der Waals surface area contributed by atoms with Gasteiger partial charge in [-0.25, -0.2) is 4.79 Å². The monoisotopic (exact) mass is 232 g/mol. The van der Waals surface area contributed by atoms with Gasteiger partial charge in [0.2, 0.25) is 5.37 Å². The van der Waals surface area contributed by atoms with Crippen molar-refractivity contribution < 1.29 is 27.7 Å². The second kappa shape index (κ2) is 6.33. The van der Waals surface area contributed by atoms with Crippen molar-refractivity contribution in [2.45, 2.75) is 5.37 Å². The van der Waals surface area contributed by atoms with E-state index in [0.717, 1.165) is 0 Å². The van der Waals surface area contributed by atoms with Crippen molar-refractivity contribution >= 4 is 30.0 Å². The molecule has 1 unspecified atom stereocenters. The summed E-state index contributed by atoms with van der Waals surface area (Å²) in [5, 5.41) is 7.79. The molecule has 0 aliphatic heterocycles. The maximum atomic E-state index is 10.3. The number of hydrogen-bond donors (Lipinski definition) is 4. The third kappa shape index (κ3) is 11.9. The molecule has 0 amide bonds. The Balaban J connectivity index is 0. The Morgan fingerprint density at radius 1 is 1.38 bits per heavy atom. The topological polar surface area (TPSA) is 94.8 Å². The summed E-state index contributed by atoms with van der Waals surface area (Å²) < 4.78 is 23.2. The van der Waals surface area contributed by atoms with Gasteiger partial charge in [-0.15, -0.1) is 12.6 Å². The Morgan fingerprint density at radius 3 is 1.62 bits per heavy atom. The summed E-state index contributed by atoms with van der Waals surface area (Å²) >= 11 is 1.27. The van der Waals surface area contributed by atoms with Crippen LogP contribution in [0.25, 0.3) is 0 Å². The van der Waals surface area contributed by atoms with Crippen molar-refractivity contribution in [1.82, 2.24) is 0 Å². The summed E-state index contributed by atoms with van der Waals surface area (Å²) in [6.07, 6.45) is 0. The molecule has 0 saturated heterocycles. The molecule has 3 N–H and O–H groups in total. The van der Waals surface area contributed by atoms with Crippen LogP contribution in [0, 0.1) is 0 Å². The molecule has 0 aromatic rings. The van der Waals surface area contributed by atoms with E-state index in [2.05, 4.69) is 12.6 Å². The van der Waals surface area contributed by atoms with E-state index in [4.69, 9.17) is 18.4 Å². The largest absolute Gasteiger partial charge is 0.476 e. The predicted octanol–water partition coefficient (Wildman–Crippen LogP) is -0.286. The average molecular weight is 232 g/mol. The molecule has 13 heavy (non-hydrogen) atoms. The first-order chi connectivity index (χ1) is 5.59. The van der Waals surface area contributed by atoms with Gasteiger partial charge in [0.25, 0.3) is 11.4 Å². The van der Waals surface area contributed by atoms with Gasteiger partial charge in [0.1, 0.15) is 0 Å². The number of carboxylic acids is 1. The van der Waals surface area contributed by atoms with Crippen LogP contribution in [0.2, 0.25) is 0 Å². The fourth-order valence-corrected chi connectivity index (χ4v) is 0.331. The number of carboxylic acid groups (broad SMARTS) is 1. The average Bonchev–Trinajstić information content (AvgIpc) is 1.82. The fourth-order valence-electron chi connectivity index (χ4n) is 0.331. The molecule has 0 aromatic carbocycles. The molecule has 0 bridgehead atoms. The lowest BCUT2D eigenvalue weighted by molar-refractivity contribution is -0.872. The maximum Gasteiger partial charge on any atom is 0.373 e. The van der Waals surface area contributed by atoms with Crippen LogP contribution in [0.4, 0.5) is 0 Å². The minimum Gasteiger partial charge on any atom is -0.476 e. The van der Waals surface area contributed by atoms with Crippen molar-refractivity contribution in [1.29, 1.82) is 0 Å². The molecule has 0 radical (unpaired) electrons. The molecule has 6 nitrogen and oxygen atoms in total. The van der Waals surface area contributed by atoms with E-state index < -0.39 is 22.7 Å². The zero-order chi connectivity index (χ0) is 11.2. The molecule has 0 rings (SSSR count). The minimum atomic E-state index is -2.61. The highest BCUT2D eigenvalue weighted by Gasteiger charge is 2.26. The number of thiol groups is 1. The fraction of sp³-hybridized carbons (Fsp3) is 0.800. The highest BCUT2D eigenvalue weighted by Crippen LogP contribution is 2.05. The van der Waals surface area contributed by atoms with Gasteiger partial charge < -0.3 is 9.59 Å². The second-order valence-electron chi connectivity index (χ2n) is 3.06. The summed E-state index contributed by atoms with van der Waals surface area (Å²) in [6, 6.07) is 0. The van der Waals surface area contributed by atoms with Crippen LogP contribution in [-0.2, 0) is 16.2 Å². The predicted molar refractivity (Wildman–Crippen MR) is 51.8 cm³/mol. The van der Waals surface area contributed by atoms with E-state index in [1.807, 2.05) is 0 Å². The zero-order valence-corrected chi connectivity index (χ0v) is 9.25. The third-order valence-electron chi connectivity index (χ3n) is 0.955. The molecule has 0 saturated carbocycles. The molecular weight excluding hydrogens is 218 g/mol. The number of aliphatic carboxylic acids is 1. The van der Waals surface area contributed by atoms with Crippen molar-refractivity contribution in [3.8, 4) is 0 Å². The molecule has 0 spiro atoms. The van der Waals surface area contributed by atoms with Gasteiger partial charge in [-0.1, -0.05) is 0 Å². The molecule has 0 aliphatic rings. The zero-order valence-electron chi connectivity index (χ0n) is 7.54. The lowest BCUT2D eigenvalue weighted by Gasteiger charge is -2.27. The van der Waals surface area contributed by atoms with E-state index in [1.54, 1.807) is 21.1 Å². The lowest BCUT2D eigenvalue weighted by Crippen LogP contribution is -2.46. The Morgan fingerprint density at radius 2 is 1.62 bits per heavy atom. The Hall–Kier alpha value is -0.150. The van der Waals surface area contributed by atoms with E-state index in [1.165, 1.54) is 0 Å². The molecule has 0 aliphatic carbocycles. The molecule has 8 heteroatoms. The summed E-state index contributed by atoms with van der Waals surface area (Å²) in [4.78, 5) is 10.3. The summed E-state index contributed by atoms with van der Waals surface area (Å²) in [7, 11) is 5.35. The SMILES string of the molecule is C[N+](C)(C)C(S)C(=O)O.O=S(O)O. The number of hydrogen-bond acceptors (Lipinski definition) is 3. The number of rotatable bonds is 2. The summed E-state index contributed by atoms with van der Waals surface area (Å²) in [6.45, 7) is 0. The lowest BCUT2D eigenvalue weighted by atomic mass is 10.5. The summed E-state index contributed by atoms with van der Waals surface area (Å²) in [5.41, 5.74) is 0. The van der Waals surface area contributed by atoms with Gasteiger partial charge in [-0.05, 0) is 0 Å². The standard InChI is InChI=1S/C5H11NO2S.H2O3S/c1-6(2,3)4(9)5(7)8;1-4(2)3/h4H,1-3H3,(H-,7,8,9);(H2,1,2,3)/p+1. The number of carbonyl (C=O) groups is 1. The number of nitrogens with zero attached hydrogens (tertiary/aromatic N) is 1. The van der Waals surface area contributed by atoms with Gasteiger partial charge >= 0.3 is 5.97 Å². The van der Waals surface area contributed by atoms with Gasteiger partial charge in [0.15, 0.2) is 0 Å². The summed E-state index contributed by atoms with van der Waals surface area (Å²) in [5.74, 6) is -0.883. The van der Waals surface area contributed by atoms with Gasteiger partial charge in [0, 0.05) is 0 Å². The van der Waals surface area contributed by atoms with Gasteiger partial charge in [0.05, 0.1) is 21.1 Å². The quantitative estimate of drug-likeness (QED) is 0.227. The molecule has 0 aromatic heterocycles. The highest BCUT2D eigenvalue weighted by molar-refractivity contribution is 7.81. The van der Waals surface area contributed by atoms with E-state index >= 15 is 0 Å². The maximum absolute atomic E-state index is 10.3. The van der Waals surface area contributed by atoms with Crippen LogP contribution < -0.4 is 0 Å². The van der Waals surface area contributed by atoms with Crippen LogP contribution in [-0.4, -0.2) is 55.4 Å². The molecule has 0 fully saturated rings. The van der Waals surface area contributed by atoms with Crippen molar-refractivity contribution in [2.75, 3.05) is 21.1 Å².